The molecule has 2 aromatic carbocycles. The van der Waals surface area contributed by atoms with Crippen molar-refractivity contribution in [2.24, 2.45) is 5.73 Å². The maximum atomic E-state index is 13.7. The summed E-state index contributed by atoms with van der Waals surface area (Å²) in [4.78, 5) is 34.2. The lowest BCUT2D eigenvalue weighted by molar-refractivity contribution is -0.140. The van der Waals surface area contributed by atoms with Gasteiger partial charge in [-0.25, -0.2) is 14.2 Å². The number of hydrogen-bond acceptors (Lipinski definition) is 6. The number of carbonyl (C=O) groups excluding carboxylic acids is 2. The number of benzene rings is 2. The van der Waals surface area contributed by atoms with Crippen LogP contribution in [-0.4, -0.2) is 63.3 Å². The van der Waals surface area contributed by atoms with Gasteiger partial charge in [-0.2, -0.15) is 0 Å². The van der Waals surface area contributed by atoms with Gasteiger partial charge in [-0.15, -0.1) is 0 Å². The minimum absolute atomic E-state index is 0.0264. The summed E-state index contributed by atoms with van der Waals surface area (Å²) in [7, 11) is 0. The summed E-state index contributed by atoms with van der Waals surface area (Å²) >= 11 is 6.58. The lowest BCUT2D eigenvalue weighted by atomic mass is 9.82. The van der Waals surface area contributed by atoms with Gasteiger partial charge >= 0.3 is 6.09 Å². The zero-order valence-electron chi connectivity index (χ0n) is 22.8. The molecule has 2 N–H and O–H groups in total. The van der Waals surface area contributed by atoms with Gasteiger partial charge in [0.2, 0.25) is 0 Å². The van der Waals surface area contributed by atoms with Crippen LogP contribution >= 0.6 is 11.6 Å². The Morgan fingerprint density at radius 3 is 2.50 bits per heavy atom. The third kappa shape index (κ3) is 6.08. The number of likely N-dealkylation sites (tertiary alicyclic amines) is 1. The molecule has 3 aromatic rings. The average Bonchev–Trinajstić information content (AvgIpc) is 3.43. The Morgan fingerprint density at radius 2 is 1.88 bits per heavy atom. The number of ether oxygens (including phenoxy) is 2. The summed E-state index contributed by atoms with van der Waals surface area (Å²) in [6.07, 6.45) is 5.17. The van der Waals surface area contributed by atoms with Gasteiger partial charge in [0.05, 0.1) is 29.3 Å². The molecule has 0 spiro atoms. The largest absolute Gasteiger partial charge is 0.476 e. The SMILES string of the molecule is CC(C)(C)OC(=O)N1CC(C(=O)N2CCC(N)(Cc3ccc(F)cc3)CC2)Oc2cc(-n3ccnc3)c(Cl)cc21. The molecule has 3 heterocycles. The van der Waals surface area contributed by atoms with Crippen molar-refractivity contribution >= 4 is 29.3 Å². The monoisotopic (exact) mass is 569 g/mol. The molecule has 212 valence electrons. The molecule has 0 saturated carbocycles. The number of rotatable bonds is 4. The van der Waals surface area contributed by atoms with Crippen LogP contribution in [0.3, 0.4) is 0 Å². The van der Waals surface area contributed by atoms with Gasteiger partial charge in [0.1, 0.15) is 17.2 Å². The van der Waals surface area contributed by atoms with E-state index in [2.05, 4.69) is 4.98 Å². The highest BCUT2D eigenvalue weighted by Gasteiger charge is 2.41. The van der Waals surface area contributed by atoms with Crippen LogP contribution in [0.25, 0.3) is 5.69 Å². The normalized spacial score (nSPS) is 18.6. The second-order valence-corrected chi connectivity index (χ2v) is 11.8. The molecule has 2 aliphatic rings. The van der Waals surface area contributed by atoms with E-state index in [1.54, 1.807) is 73.2 Å². The molecule has 1 atom stereocenters. The predicted octanol–water partition coefficient (Wildman–Crippen LogP) is 4.73. The molecule has 0 bridgehead atoms. The maximum Gasteiger partial charge on any atom is 0.415 e. The third-order valence-corrected chi connectivity index (χ3v) is 7.45. The van der Waals surface area contributed by atoms with E-state index in [-0.39, 0.29) is 18.3 Å². The number of fused-ring (bicyclic) bond motifs is 1. The first kappa shape index (κ1) is 27.9. The molecule has 2 amide bonds. The maximum absolute atomic E-state index is 13.7. The van der Waals surface area contributed by atoms with Gasteiger partial charge in [-0.1, -0.05) is 23.7 Å². The van der Waals surface area contributed by atoms with E-state index in [1.807, 2.05) is 0 Å². The van der Waals surface area contributed by atoms with E-state index in [9.17, 15) is 14.0 Å². The van der Waals surface area contributed by atoms with E-state index >= 15 is 0 Å². The number of amides is 2. The van der Waals surface area contributed by atoms with Gasteiger partial charge < -0.3 is 24.7 Å². The Balaban J connectivity index is 1.35. The van der Waals surface area contributed by atoms with E-state index in [4.69, 9.17) is 26.8 Å². The molecule has 1 unspecified atom stereocenters. The standard InChI is InChI=1S/C29H33ClFN5O4/c1-28(2,3)40-27(38)36-17-25(39-24-15-22(21(30)14-23(24)36)35-13-10-33-18-35)26(37)34-11-8-29(32,9-12-34)16-19-4-6-20(31)7-5-19/h4-7,10,13-15,18,25H,8-9,11-12,16-17,32H2,1-3H3. The highest BCUT2D eigenvalue weighted by Crippen LogP contribution is 2.40. The summed E-state index contributed by atoms with van der Waals surface area (Å²) in [5.41, 5.74) is 7.41. The molecule has 40 heavy (non-hydrogen) atoms. The van der Waals surface area contributed by atoms with Crippen LogP contribution in [-0.2, 0) is 16.0 Å². The lowest BCUT2D eigenvalue weighted by Gasteiger charge is -2.42. The molecule has 2 aliphatic heterocycles. The first-order valence-electron chi connectivity index (χ1n) is 13.2. The molecule has 5 rings (SSSR count). The van der Waals surface area contributed by atoms with Crippen LogP contribution in [0.2, 0.25) is 5.02 Å². The quantitative estimate of drug-likeness (QED) is 0.487. The van der Waals surface area contributed by atoms with Gasteiger partial charge in [0.15, 0.2) is 6.10 Å². The van der Waals surface area contributed by atoms with Crippen LogP contribution in [0.4, 0.5) is 14.9 Å². The summed E-state index contributed by atoms with van der Waals surface area (Å²) in [5.74, 6) is -0.184. The first-order chi connectivity index (χ1) is 18.9. The second-order valence-electron chi connectivity index (χ2n) is 11.4. The molecule has 1 aromatic heterocycles. The Kier molecular flexibility index (Phi) is 7.50. The van der Waals surface area contributed by atoms with Crippen molar-refractivity contribution in [2.45, 2.75) is 57.3 Å². The zero-order valence-corrected chi connectivity index (χ0v) is 23.5. The molecule has 0 aliphatic carbocycles. The summed E-state index contributed by atoms with van der Waals surface area (Å²) in [6, 6.07) is 9.67. The zero-order chi connectivity index (χ0) is 28.7. The number of nitrogens with two attached hydrogens (primary N) is 1. The van der Waals surface area contributed by atoms with Gasteiger partial charge in [-0.05, 0) is 63.8 Å². The molecule has 1 saturated heterocycles. The molecule has 1 fully saturated rings. The fourth-order valence-corrected chi connectivity index (χ4v) is 5.33. The number of anilines is 1. The van der Waals surface area contributed by atoms with Crippen LogP contribution in [0.1, 0.15) is 39.2 Å². The fourth-order valence-electron chi connectivity index (χ4n) is 5.07. The molecule has 0 radical (unpaired) electrons. The smallest absolute Gasteiger partial charge is 0.415 e. The van der Waals surface area contributed by atoms with Crippen molar-refractivity contribution in [2.75, 3.05) is 24.5 Å². The van der Waals surface area contributed by atoms with E-state index < -0.39 is 23.3 Å². The Bertz CT molecular complexity index is 1380. The molecule has 9 nitrogen and oxygen atoms in total. The van der Waals surface area contributed by atoms with Crippen LogP contribution in [0.5, 0.6) is 5.75 Å². The van der Waals surface area contributed by atoms with Crippen LogP contribution < -0.4 is 15.4 Å². The minimum atomic E-state index is -0.945. The highest BCUT2D eigenvalue weighted by atomic mass is 35.5. The van der Waals surface area contributed by atoms with Crippen molar-refractivity contribution in [3.63, 3.8) is 0 Å². The average molecular weight is 570 g/mol. The Morgan fingerprint density at radius 1 is 1.18 bits per heavy atom. The van der Waals surface area contributed by atoms with Crippen molar-refractivity contribution < 1.29 is 23.5 Å². The first-order valence-corrected chi connectivity index (χ1v) is 13.6. The second kappa shape index (κ2) is 10.7. The van der Waals surface area contributed by atoms with Crippen molar-refractivity contribution in [1.82, 2.24) is 14.5 Å². The topological polar surface area (TPSA) is 103 Å². The number of nitrogens with zero attached hydrogens (tertiary/aromatic N) is 4. The summed E-state index contributed by atoms with van der Waals surface area (Å²) in [6.45, 7) is 6.20. The van der Waals surface area contributed by atoms with Crippen molar-refractivity contribution in [1.29, 1.82) is 0 Å². The van der Waals surface area contributed by atoms with Gasteiger partial charge in [0, 0.05) is 37.1 Å². The van der Waals surface area contributed by atoms with Crippen LogP contribution in [0, 0.1) is 5.82 Å². The Hall–Kier alpha value is -3.63. The van der Waals surface area contributed by atoms with E-state index in [0.717, 1.165) is 5.56 Å². The highest BCUT2D eigenvalue weighted by molar-refractivity contribution is 6.33. The van der Waals surface area contributed by atoms with Gasteiger partial charge in [-0.3, -0.25) is 9.69 Å². The van der Waals surface area contributed by atoms with Crippen molar-refractivity contribution in [3.05, 3.63) is 71.5 Å². The summed E-state index contributed by atoms with van der Waals surface area (Å²) in [5, 5.41) is 0.384. The summed E-state index contributed by atoms with van der Waals surface area (Å²) < 4.78 is 26.9. The molecule has 11 heteroatoms. The molecular weight excluding hydrogens is 537 g/mol. The van der Waals surface area contributed by atoms with Crippen LogP contribution in [0.15, 0.2) is 55.1 Å². The lowest BCUT2D eigenvalue weighted by Crippen LogP contribution is -2.57. The third-order valence-electron chi connectivity index (χ3n) is 7.15. The predicted molar refractivity (Wildman–Crippen MR) is 149 cm³/mol. The number of aromatic nitrogens is 2. The Labute approximate surface area is 237 Å². The number of imidazole rings is 1. The van der Waals surface area contributed by atoms with E-state index in [0.29, 0.717) is 54.5 Å². The van der Waals surface area contributed by atoms with E-state index in [1.165, 1.54) is 17.0 Å². The van der Waals surface area contributed by atoms with Gasteiger partial charge in [0.25, 0.3) is 5.91 Å². The van der Waals surface area contributed by atoms with Crippen molar-refractivity contribution in [3.8, 4) is 11.4 Å². The fraction of sp³-hybridized carbons (Fsp3) is 0.414. The number of hydrogen-bond donors (Lipinski definition) is 1. The number of piperidine rings is 1. The number of halogens is 2. The molecular formula is C29H33ClFN5O4. The number of carbonyl (C=O) groups is 2. The minimum Gasteiger partial charge on any atom is -0.476 e.